The number of aromatic nitrogens is 4. The Labute approximate surface area is 179 Å². The Hall–Kier alpha value is -2.91. The lowest BCUT2D eigenvalue weighted by molar-refractivity contribution is -0.0210. The molecule has 0 spiro atoms. The Morgan fingerprint density at radius 1 is 1.29 bits per heavy atom. The van der Waals surface area contributed by atoms with E-state index in [2.05, 4.69) is 20.4 Å². The predicted octanol–water partition coefficient (Wildman–Crippen LogP) is 2.70. The van der Waals surface area contributed by atoms with Crippen LogP contribution in [0.2, 0.25) is 0 Å². The molecule has 1 aromatic carbocycles. The molecule has 0 unspecified atom stereocenters. The van der Waals surface area contributed by atoms with Crippen molar-refractivity contribution in [1.29, 1.82) is 0 Å². The third kappa shape index (κ3) is 4.88. The zero-order chi connectivity index (χ0) is 22.0. The van der Waals surface area contributed by atoms with Gasteiger partial charge in [0.25, 0.3) is 11.9 Å². The average molecular weight is 427 g/mol. The summed E-state index contributed by atoms with van der Waals surface area (Å²) in [5.41, 5.74) is 1.67. The van der Waals surface area contributed by atoms with Gasteiger partial charge in [0.2, 0.25) is 0 Å². The van der Waals surface area contributed by atoms with Crippen LogP contribution in [0.1, 0.15) is 48.7 Å². The van der Waals surface area contributed by atoms with Crippen LogP contribution in [0.5, 0.6) is 0 Å². The molecule has 0 bridgehead atoms. The van der Waals surface area contributed by atoms with E-state index in [9.17, 15) is 14.3 Å². The lowest BCUT2D eigenvalue weighted by atomic mass is 9.92. The van der Waals surface area contributed by atoms with Crippen molar-refractivity contribution in [3.63, 3.8) is 0 Å². The highest BCUT2D eigenvalue weighted by atomic mass is 19.1. The topological polar surface area (TPSA) is 102 Å². The fourth-order valence-electron chi connectivity index (χ4n) is 3.86. The number of hydrogen-bond acceptors (Lipinski definition) is 6. The average Bonchev–Trinajstić information content (AvgIpc) is 3.09. The van der Waals surface area contributed by atoms with Gasteiger partial charge in [-0.1, -0.05) is 0 Å². The molecule has 1 saturated carbocycles. The number of fused-ring (bicyclic) bond motifs is 1. The minimum Gasteiger partial charge on any atom is -0.391 e. The molecule has 2 heterocycles. The quantitative estimate of drug-likeness (QED) is 0.627. The van der Waals surface area contributed by atoms with Crippen LogP contribution in [0.15, 0.2) is 30.6 Å². The standard InChI is InChI=1S/C22H26FN5O3/c1-13(29)12-31-18-6-4-17(5-7-18)26-21(30)15-10-24-22(25-11-15)28-20-9-16(23)3-8-19(20)14(2)27-28/h3,8-11,13,17-18,29H,4-7,12H2,1-2H3,(H,26,30)/t13-,17?,18?/m1/s1. The molecular weight excluding hydrogens is 401 g/mol. The molecular formula is C22H26FN5O3. The van der Waals surface area contributed by atoms with Gasteiger partial charge in [-0.2, -0.15) is 9.78 Å². The first-order valence-electron chi connectivity index (χ1n) is 10.5. The highest BCUT2D eigenvalue weighted by molar-refractivity contribution is 5.93. The number of benzene rings is 1. The molecule has 164 valence electrons. The third-order valence-corrected chi connectivity index (χ3v) is 5.50. The normalized spacial score (nSPS) is 20.0. The largest absolute Gasteiger partial charge is 0.391 e. The summed E-state index contributed by atoms with van der Waals surface area (Å²) in [6.07, 6.45) is 5.89. The van der Waals surface area contributed by atoms with Gasteiger partial charge in [-0.05, 0) is 51.7 Å². The number of rotatable bonds is 6. The summed E-state index contributed by atoms with van der Waals surface area (Å²) in [6.45, 7) is 3.87. The van der Waals surface area contributed by atoms with Gasteiger partial charge in [0.1, 0.15) is 5.82 Å². The van der Waals surface area contributed by atoms with E-state index < -0.39 is 6.10 Å². The van der Waals surface area contributed by atoms with Crippen LogP contribution in [0, 0.1) is 12.7 Å². The summed E-state index contributed by atoms with van der Waals surface area (Å²) in [5, 5.41) is 17.6. The Morgan fingerprint density at radius 2 is 2.00 bits per heavy atom. The first-order chi connectivity index (χ1) is 14.9. The van der Waals surface area contributed by atoms with E-state index in [4.69, 9.17) is 4.74 Å². The zero-order valence-corrected chi connectivity index (χ0v) is 17.6. The second kappa shape index (κ2) is 9.07. The molecule has 2 N–H and O–H groups in total. The summed E-state index contributed by atoms with van der Waals surface area (Å²) < 4.78 is 20.8. The van der Waals surface area contributed by atoms with Crippen molar-refractivity contribution >= 4 is 16.8 Å². The lowest BCUT2D eigenvalue weighted by Crippen LogP contribution is -2.39. The van der Waals surface area contributed by atoms with E-state index >= 15 is 0 Å². The molecule has 0 radical (unpaired) electrons. The third-order valence-electron chi connectivity index (χ3n) is 5.50. The van der Waals surface area contributed by atoms with Gasteiger partial charge in [0, 0.05) is 29.9 Å². The first-order valence-corrected chi connectivity index (χ1v) is 10.5. The molecule has 0 aliphatic heterocycles. The van der Waals surface area contributed by atoms with Gasteiger partial charge < -0.3 is 15.2 Å². The SMILES string of the molecule is Cc1nn(-c2ncc(C(=O)NC3CCC(OC[C@@H](C)O)CC3)cn2)c2cc(F)ccc12. The lowest BCUT2D eigenvalue weighted by Gasteiger charge is -2.29. The number of aliphatic hydroxyl groups is 1. The summed E-state index contributed by atoms with van der Waals surface area (Å²) in [7, 11) is 0. The zero-order valence-electron chi connectivity index (χ0n) is 17.6. The number of nitrogens with zero attached hydrogens (tertiary/aromatic N) is 4. The fourth-order valence-corrected chi connectivity index (χ4v) is 3.86. The molecule has 1 fully saturated rings. The highest BCUT2D eigenvalue weighted by Gasteiger charge is 2.24. The monoisotopic (exact) mass is 427 g/mol. The Balaban J connectivity index is 1.39. The van der Waals surface area contributed by atoms with Gasteiger partial charge in [0.05, 0.1) is 35.6 Å². The van der Waals surface area contributed by atoms with Crippen LogP contribution in [0.4, 0.5) is 4.39 Å². The number of amides is 1. The van der Waals surface area contributed by atoms with Crippen molar-refractivity contribution in [3.05, 3.63) is 47.7 Å². The van der Waals surface area contributed by atoms with E-state index in [0.29, 0.717) is 17.7 Å². The smallest absolute Gasteiger partial charge is 0.254 e. The molecule has 1 aliphatic rings. The van der Waals surface area contributed by atoms with Gasteiger partial charge >= 0.3 is 0 Å². The number of halogens is 1. The first kappa shape index (κ1) is 21.3. The van der Waals surface area contributed by atoms with Crippen LogP contribution >= 0.6 is 0 Å². The molecule has 1 atom stereocenters. The minimum absolute atomic E-state index is 0.0688. The van der Waals surface area contributed by atoms with Crippen LogP contribution in [0.3, 0.4) is 0 Å². The summed E-state index contributed by atoms with van der Waals surface area (Å²) in [6, 6.07) is 4.53. The van der Waals surface area contributed by atoms with Crippen molar-refractivity contribution in [2.75, 3.05) is 6.61 Å². The summed E-state index contributed by atoms with van der Waals surface area (Å²) in [5.74, 6) is -0.320. The molecule has 3 aromatic rings. The maximum Gasteiger partial charge on any atom is 0.254 e. The number of aliphatic hydroxyl groups excluding tert-OH is 1. The molecule has 31 heavy (non-hydrogen) atoms. The molecule has 1 aliphatic carbocycles. The number of nitrogens with one attached hydrogen (secondary N) is 1. The van der Waals surface area contributed by atoms with Gasteiger partial charge in [-0.3, -0.25) is 4.79 Å². The fraction of sp³-hybridized carbons (Fsp3) is 0.455. The Morgan fingerprint density at radius 3 is 2.68 bits per heavy atom. The van der Waals surface area contributed by atoms with E-state index in [1.54, 1.807) is 13.0 Å². The summed E-state index contributed by atoms with van der Waals surface area (Å²) >= 11 is 0. The van der Waals surface area contributed by atoms with Crippen LogP contribution in [-0.4, -0.2) is 55.6 Å². The Bertz CT molecular complexity index is 1060. The van der Waals surface area contributed by atoms with Gasteiger partial charge in [0.15, 0.2) is 0 Å². The Kier molecular flexibility index (Phi) is 6.24. The molecule has 0 saturated heterocycles. The second-order valence-electron chi connectivity index (χ2n) is 8.06. The number of aryl methyl sites for hydroxylation is 1. The predicted molar refractivity (Wildman–Crippen MR) is 112 cm³/mol. The number of hydrogen-bond donors (Lipinski definition) is 2. The van der Waals surface area contributed by atoms with E-state index in [-0.39, 0.29) is 29.8 Å². The molecule has 4 rings (SSSR count). The van der Waals surface area contributed by atoms with Crippen molar-refractivity contribution in [3.8, 4) is 5.95 Å². The van der Waals surface area contributed by atoms with Crippen LogP contribution in [0.25, 0.3) is 16.9 Å². The molecule has 9 heteroatoms. The van der Waals surface area contributed by atoms with E-state index in [0.717, 1.165) is 36.8 Å². The van der Waals surface area contributed by atoms with E-state index in [1.165, 1.54) is 29.2 Å². The summed E-state index contributed by atoms with van der Waals surface area (Å²) in [4.78, 5) is 21.1. The second-order valence-corrected chi connectivity index (χ2v) is 8.06. The number of carbonyl (C=O) groups is 1. The minimum atomic E-state index is -0.469. The maximum absolute atomic E-state index is 13.7. The van der Waals surface area contributed by atoms with Crippen molar-refractivity contribution in [2.24, 2.45) is 0 Å². The molecule has 1 amide bonds. The van der Waals surface area contributed by atoms with Crippen molar-refractivity contribution in [1.82, 2.24) is 25.1 Å². The van der Waals surface area contributed by atoms with Gasteiger partial charge in [-0.15, -0.1) is 0 Å². The van der Waals surface area contributed by atoms with Gasteiger partial charge in [-0.25, -0.2) is 14.4 Å². The molecule has 2 aromatic heterocycles. The molecule has 8 nitrogen and oxygen atoms in total. The van der Waals surface area contributed by atoms with Crippen molar-refractivity contribution in [2.45, 2.75) is 57.8 Å². The number of ether oxygens (including phenoxy) is 1. The highest BCUT2D eigenvalue weighted by Crippen LogP contribution is 2.23. The van der Waals surface area contributed by atoms with E-state index in [1.807, 2.05) is 6.92 Å². The van der Waals surface area contributed by atoms with Crippen molar-refractivity contribution < 1.29 is 19.0 Å². The maximum atomic E-state index is 13.7. The van der Waals surface area contributed by atoms with Crippen LogP contribution < -0.4 is 5.32 Å². The number of carbonyl (C=O) groups excluding carboxylic acids is 1. The van der Waals surface area contributed by atoms with Crippen LogP contribution in [-0.2, 0) is 4.74 Å².